The smallest absolute Gasteiger partial charge is 0.267 e. The molecular formula is C17H12F2N2O4S. The Bertz CT molecular complexity index is 1120. The molecule has 26 heavy (non-hydrogen) atoms. The van der Waals surface area contributed by atoms with Gasteiger partial charge in [0.25, 0.3) is 5.91 Å². The zero-order valence-corrected chi connectivity index (χ0v) is 14.2. The molecule has 0 fully saturated rings. The molecule has 0 bridgehead atoms. The number of sulfonamides is 1. The second kappa shape index (κ2) is 6.68. The molecule has 2 aromatic carbocycles. The highest BCUT2D eigenvalue weighted by Crippen LogP contribution is 2.29. The standard InChI is InChI=1S/C17H12F2N2O4S/c1-26(23,24)21-17(22)13-7-15(19)16(8-14(13)18)25-12-3-2-10-4-5-20-9-11(10)6-12/h2-9H,1H3,(H,21,22). The van der Waals surface area contributed by atoms with Crippen molar-refractivity contribution in [1.29, 1.82) is 0 Å². The Balaban J connectivity index is 1.91. The number of carbonyl (C=O) groups excluding carboxylic acids is 1. The van der Waals surface area contributed by atoms with E-state index in [1.807, 2.05) is 0 Å². The van der Waals surface area contributed by atoms with Gasteiger partial charge in [-0.05, 0) is 29.7 Å². The van der Waals surface area contributed by atoms with Crippen molar-refractivity contribution in [3.8, 4) is 11.5 Å². The number of nitrogens with zero attached hydrogens (tertiary/aromatic N) is 1. The fourth-order valence-electron chi connectivity index (χ4n) is 2.26. The third kappa shape index (κ3) is 3.94. The molecule has 3 rings (SSSR count). The summed E-state index contributed by atoms with van der Waals surface area (Å²) >= 11 is 0. The van der Waals surface area contributed by atoms with Gasteiger partial charge in [0, 0.05) is 23.8 Å². The minimum atomic E-state index is -3.91. The first-order valence-corrected chi connectivity index (χ1v) is 9.15. The van der Waals surface area contributed by atoms with E-state index in [2.05, 4.69) is 4.98 Å². The quantitative estimate of drug-likeness (QED) is 0.754. The number of nitrogens with one attached hydrogen (secondary N) is 1. The van der Waals surface area contributed by atoms with Crippen molar-refractivity contribution in [3.05, 3.63) is 66.0 Å². The first-order chi connectivity index (χ1) is 12.2. The van der Waals surface area contributed by atoms with Crippen LogP contribution in [0.5, 0.6) is 11.5 Å². The lowest BCUT2D eigenvalue weighted by Gasteiger charge is -2.10. The fraction of sp³-hybridized carbons (Fsp3) is 0.0588. The summed E-state index contributed by atoms with van der Waals surface area (Å²) in [6.45, 7) is 0. The van der Waals surface area contributed by atoms with Crippen molar-refractivity contribution >= 4 is 26.7 Å². The number of pyridine rings is 1. The lowest BCUT2D eigenvalue weighted by molar-refractivity contribution is 0.0977. The van der Waals surface area contributed by atoms with Gasteiger partial charge in [0.15, 0.2) is 11.6 Å². The predicted molar refractivity (Wildman–Crippen MR) is 90.5 cm³/mol. The highest BCUT2D eigenvalue weighted by atomic mass is 32.2. The van der Waals surface area contributed by atoms with E-state index >= 15 is 0 Å². The molecule has 0 aliphatic carbocycles. The molecule has 1 amide bonds. The van der Waals surface area contributed by atoms with Crippen LogP contribution in [0.4, 0.5) is 8.78 Å². The number of amides is 1. The fourth-order valence-corrected chi connectivity index (χ4v) is 2.70. The number of halogens is 2. The Morgan fingerprint density at radius 1 is 1.08 bits per heavy atom. The second-order valence-corrected chi connectivity index (χ2v) is 7.20. The van der Waals surface area contributed by atoms with Crippen LogP contribution in [0.15, 0.2) is 48.8 Å². The van der Waals surface area contributed by atoms with Crippen LogP contribution >= 0.6 is 0 Å². The molecule has 1 heterocycles. The molecule has 0 radical (unpaired) electrons. The lowest BCUT2D eigenvalue weighted by atomic mass is 10.1. The highest BCUT2D eigenvalue weighted by molar-refractivity contribution is 7.89. The topological polar surface area (TPSA) is 85.4 Å². The number of rotatable bonds is 4. The van der Waals surface area contributed by atoms with Gasteiger partial charge in [0.05, 0.1) is 11.8 Å². The number of ether oxygens (including phenoxy) is 1. The molecule has 0 spiro atoms. The van der Waals surface area contributed by atoms with E-state index in [1.165, 1.54) is 0 Å². The van der Waals surface area contributed by atoms with Crippen LogP contribution in [0.25, 0.3) is 10.8 Å². The Morgan fingerprint density at radius 2 is 1.85 bits per heavy atom. The summed E-state index contributed by atoms with van der Waals surface area (Å²) in [4.78, 5) is 15.7. The van der Waals surface area contributed by atoms with Crippen LogP contribution in [0.2, 0.25) is 0 Å². The molecule has 3 aromatic rings. The van der Waals surface area contributed by atoms with E-state index in [9.17, 15) is 22.0 Å². The van der Waals surface area contributed by atoms with Gasteiger partial charge in [-0.15, -0.1) is 0 Å². The minimum absolute atomic E-state index is 0.247. The third-order valence-corrected chi connectivity index (χ3v) is 3.94. The molecule has 0 aliphatic rings. The molecule has 6 nitrogen and oxygen atoms in total. The summed E-state index contributed by atoms with van der Waals surface area (Å²) < 4.78 is 57.3. The van der Waals surface area contributed by atoms with E-state index in [4.69, 9.17) is 4.74 Å². The Kier molecular flexibility index (Phi) is 4.56. The van der Waals surface area contributed by atoms with Gasteiger partial charge in [0.2, 0.25) is 10.0 Å². The van der Waals surface area contributed by atoms with Crippen molar-refractivity contribution in [2.75, 3.05) is 6.26 Å². The van der Waals surface area contributed by atoms with Crippen molar-refractivity contribution < 1.29 is 26.7 Å². The molecule has 134 valence electrons. The monoisotopic (exact) mass is 378 g/mol. The molecule has 0 atom stereocenters. The maximum Gasteiger partial charge on any atom is 0.267 e. The maximum absolute atomic E-state index is 14.2. The SMILES string of the molecule is CS(=O)(=O)NC(=O)c1cc(F)c(Oc2ccc3ccncc3c2)cc1F. The number of hydrogen-bond donors (Lipinski definition) is 1. The zero-order chi connectivity index (χ0) is 18.9. The van der Waals surface area contributed by atoms with Gasteiger partial charge in [-0.2, -0.15) is 0 Å². The van der Waals surface area contributed by atoms with Crippen molar-refractivity contribution in [1.82, 2.24) is 9.71 Å². The van der Waals surface area contributed by atoms with Gasteiger partial charge >= 0.3 is 0 Å². The Morgan fingerprint density at radius 3 is 2.58 bits per heavy atom. The van der Waals surface area contributed by atoms with E-state index < -0.39 is 38.9 Å². The van der Waals surface area contributed by atoms with Gasteiger partial charge in [-0.25, -0.2) is 21.9 Å². The van der Waals surface area contributed by atoms with Crippen LogP contribution in [0.3, 0.4) is 0 Å². The first-order valence-electron chi connectivity index (χ1n) is 7.26. The molecule has 9 heteroatoms. The largest absolute Gasteiger partial charge is 0.454 e. The average Bonchev–Trinajstić information content (AvgIpc) is 2.56. The Hall–Kier alpha value is -3.07. The van der Waals surface area contributed by atoms with Crippen molar-refractivity contribution in [2.24, 2.45) is 0 Å². The normalized spacial score (nSPS) is 11.3. The summed E-state index contributed by atoms with van der Waals surface area (Å²) in [5.74, 6) is -3.60. The number of aromatic nitrogens is 1. The molecular weight excluding hydrogens is 366 g/mol. The number of benzene rings is 2. The first kappa shape index (κ1) is 17.7. The average molecular weight is 378 g/mol. The Labute approximate surface area is 147 Å². The van der Waals surface area contributed by atoms with Crippen molar-refractivity contribution in [3.63, 3.8) is 0 Å². The van der Waals surface area contributed by atoms with Gasteiger partial charge in [0.1, 0.15) is 11.6 Å². The molecule has 0 saturated heterocycles. The summed E-state index contributed by atoms with van der Waals surface area (Å²) in [6, 6.07) is 7.95. The zero-order valence-electron chi connectivity index (χ0n) is 13.4. The van der Waals surface area contributed by atoms with E-state index in [0.717, 1.165) is 17.0 Å². The van der Waals surface area contributed by atoms with Crippen LogP contribution in [0.1, 0.15) is 10.4 Å². The van der Waals surface area contributed by atoms with Crippen LogP contribution in [-0.4, -0.2) is 25.6 Å². The molecule has 1 aromatic heterocycles. The van der Waals surface area contributed by atoms with Gasteiger partial charge in [-0.1, -0.05) is 6.07 Å². The van der Waals surface area contributed by atoms with E-state index in [1.54, 1.807) is 41.4 Å². The molecule has 0 aliphatic heterocycles. The predicted octanol–water partition coefficient (Wildman–Crippen LogP) is 2.99. The number of fused-ring (bicyclic) bond motifs is 1. The molecule has 0 unspecified atom stereocenters. The number of carbonyl (C=O) groups is 1. The minimum Gasteiger partial charge on any atom is -0.454 e. The molecule has 1 N–H and O–H groups in total. The summed E-state index contributed by atoms with van der Waals surface area (Å²) in [5.41, 5.74) is -0.747. The number of hydrogen-bond acceptors (Lipinski definition) is 5. The van der Waals surface area contributed by atoms with E-state index in [0.29, 0.717) is 12.1 Å². The van der Waals surface area contributed by atoms with E-state index in [-0.39, 0.29) is 5.75 Å². The van der Waals surface area contributed by atoms with Gasteiger partial charge in [-0.3, -0.25) is 9.78 Å². The highest BCUT2D eigenvalue weighted by Gasteiger charge is 2.19. The van der Waals surface area contributed by atoms with Crippen LogP contribution < -0.4 is 9.46 Å². The summed E-state index contributed by atoms with van der Waals surface area (Å²) in [6.07, 6.45) is 3.95. The van der Waals surface area contributed by atoms with Crippen molar-refractivity contribution in [2.45, 2.75) is 0 Å². The van der Waals surface area contributed by atoms with Gasteiger partial charge < -0.3 is 4.74 Å². The van der Waals surface area contributed by atoms with Crippen LogP contribution in [0, 0.1) is 11.6 Å². The lowest BCUT2D eigenvalue weighted by Crippen LogP contribution is -2.30. The summed E-state index contributed by atoms with van der Waals surface area (Å²) in [7, 11) is -3.91. The third-order valence-electron chi connectivity index (χ3n) is 3.38. The maximum atomic E-state index is 14.2. The summed E-state index contributed by atoms with van der Waals surface area (Å²) in [5, 5.41) is 1.64. The second-order valence-electron chi connectivity index (χ2n) is 5.45. The molecule has 0 saturated carbocycles. The van der Waals surface area contributed by atoms with Crippen LogP contribution in [-0.2, 0) is 10.0 Å².